The summed E-state index contributed by atoms with van der Waals surface area (Å²) in [6, 6.07) is 8.24. The molecule has 0 amide bonds. The number of nitrogens with one attached hydrogen (secondary N) is 1. The maximum Gasteiger partial charge on any atom is 0.144 e. The SMILES string of the molecule is CCNc1nc(Cc2ccccc2Br)nc(C2CC2)c1Br. The zero-order valence-corrected chi connectivity index (χ0v) is 15.0. The van der Waals surface area contributed by atoms with Gasteiger partial charge >= 0.3 is 0 Å². The zero-order valence-electron chi connectivity index (χ0n) is 11.9. The Morgan fingerprint density at radius 1 is 1.19 bits per heavy atom. The van der Waals surface area contributed by atoms with E-state index in [-0.39, 0.29) is 0 Å². The van der Waals surface area contributed by atoms with Gasteiger partial charge in [0.2, 0.25) is 0 Å². The summed E-state index contributed by atoms with van der Waals surface area (Å²) in [4.78, 5) is 9.47. The molecule has 21 heavy (non-hydrogen) atoms. The molecule has 2 aromatic rings. The molecule has 1 heterocycles. The molecule has 0 bridgehead atoms. The molecule has 0 saturated heterocycles. The van der Waals surface area contributed by atoms with E-state index < -0.39 is 0 Å². The molecule has 0 spiro atoms. The van der Waals surface area contributed by atoms with E-state index >= 15 is 0 Å². The summed E-state index contributed by atoms with van der Waals surface area (Å²) in [5.41, 5.74) is 2.37. The molecule has 1 aromatic carbocycles. The van der Waals surface area contributed by atoms with Gasteiger partial charge in [0.25, 0.3) is 0 Å². The van der Waals surface area contributed by atoms with Gasteiger partial charge in [0.05, 0.1) is 10.2 Å². The van der Waals surface area contributed by atoms with Crippen molar-refractivity contribution in [3.8, 4) is 0 Å². The van der Waals surface area contributed by atoms with Gasteiger partial charge in [0, 0.05) is 23.4 Å². The molecular weight excluding hydrogens is 394 g/mol. The lowest BCUT2D eigenvalue weighted by Crippen LogP contribution is -2.08. The largest absolute Gasteiger partial charge is 0.369 e. The van der Waals surface area contributed by atoms with Crippen molar-refractivity contribution in [1.82, 2.24) is 9.97 Å². The summed E-state index contributed by atoms with van der Waals surface area (Å²) in [6.07, 6.45) is 3.21. The molecule has 1 saturated carbocycles. The number of hydrogen-bond donors (Lipinski definition) is 1. The summed E-state index contributed by atoms with van der Waals surface area (Å²) in [6.45, 7) is 2.94. The summed E-state index contributed by atoms with van der Waals surface area (Å²) in [7, 11) is 0. The second-order valence-corrected chi connectivity index (χ2v) is 6.91. The molecule has 1 aliphatic rings. The first kappa shape index (κ1) is 15.0. The highest BCUT2D eigenvalue weighted by atomic mass is 79.9. The first-order valence-corrected chi connectivity index (χ1v) is 8.81. The van der Waals surface area contributed by atoms with Crippen molar-refractivity contribution in [3.05, 3.63) is 50.3 Å². The minimum atomic E-state index is 0.595. The minimum Gasteiger partial charge on any atom is -0.369 e. The Labute approximate surface area is 141 Å². The Morgan fingerprint density at radius 2 is 1.95 bits per heavy atom. The van der Waals surface area contributed by atoms with Crippen LogP contribution in [0, 0.1) is 0 Å². The van der Waals surface area contributed by atoms with Crippen LogP contribution in [0.15, 0.2) is 33.2 Å². The van der Waals surface area contributed by atoms with E-state index in [0.717, 1.165) is 39.2 Å². The second-order valence-electron chi connectivity index (χ2n) is 5.26. The van der Waals surface area contributed by atoms with Crippen LogP contribution in [0.5, 0.6) is 0 Å². The van der Waals surface area contributed by atoms with Crippen LogP contribution in [-0.2, 0) is 6.42 Å². The van der Waals surface area contributed by atoms with Gasteiger partial charge < -0.3 is 5.32 Å². The fourth-order valence-corrected chi connectivity index (χ4v) is 3.38. The Bertz CT molecular complexity index is 654. The zero-order chi connectivity index (χ0) is 14.8. The van der Waals surface area contributed by atoms with Crippen LogP contribution >= 0.6 is 31.9 Å². The van der Waals surface area contributed by atoms with Gasteiger partial charge in [-0.2, -0.15) is 0 Å². The van der Waals surface area contributed by atoms with Crippen molar-refractivity contribution in [2.45, 2.75) is 32.1 Å². The van der Waals surface area contributed by atoms with Gasteiger partial charge in [-0.3, -0.25) is 0 Å². The quantitative estimate of drug-likeness (QED) is 0.761. The van der Waals surface area contributed by atoms with E-state index in [1.54, 1.807) is 0 Å². The van der Waals surface area contributed by atoms with Crippen molar-refractivity contribution in [1.29, 1.82) is 0 Å². The smallest absolute Gasteiger partial charge is 0.144 e. The minimum absolute atomic E-state index is 0.595. The number of aromatic nitrogens is 2. The van der Waals surface area contributed by atoms with Gasteiger partial charge in [-0.25, -0.2) is 9.97 Å². The average Bonchev–Trinajstić information content (AvgIpc) is 3.29. The van der Waals surface area contributed by atoms with Crippen LogP contribution in [-0.4, -0.2) is 16.5 Å². The van der Waals surface area contributed by atoms with Crippen LogP contribution in [0.3, 0.4) is 0 Å². The molecule has 0 radical (unpaired) electrons. The third kappa shape index (κ3) is 3.46. The highest BCUT2D eigenvalue weighted by molar-refractivity contribution is 9.11. The van der Waals surface area contributed by atoms with E-state index in [2.05, 4.69) is 61.2 Å². The Kier molecular flexibility index (Phi) is 4.60. The third-order valence-electron chi connectivity index (χ3n) is 3.54. The van der Waals surface area contributed by atoms with Crippen molar-refractivity contribution >= 4 is 37.7 Å². The average molecular weight is 411 g/mol. The highest BCUT2D eigenvalue weighted by Crippen LogP contribution is 2.43. The molecule has 5 heteroatoms. The van der Waals surface area contributed by atoms with E-state index in [4.69, 9.17) is 4.98 Å². The van der Waals surface area contributed by atoms with Crippen LogP contribution < -0.4 is 5.32 Å². The molecule has 1 aliphatic carbocycles. The number of benzene rings is 1. The van der Waals surface area contributed by atoms with Crippen molar-refractivity contribution in [2.24, 2.45) is 0 Å². The Balaban J connectivity index is 1.96. The van der Waals surface area contributed by atoms with Crippen LogP contribution in [0.4, 0.5) is 5.82 Å². The highest BCUT2D eigenvalue weighted by Gasteiger charge is 2.29. The van der Waals surface area contributed by atoms with Gasteiger partial charge in [0.15, 0.2) is 0 Å². The first-order valence-electron chi connectivity index (χ1n) is 7.22. The molecule has 110 valence electrons. The fourth-order valence-electron chi connectivity index (χ4n) is 2.32. The van der Waals surface area contributed by atoms with E-state index in [0.29, 0.717) is 5.92 Å². The predicted molar refractivity (Wildman–Crippen MR) is 92.8 cm³/mol. The molecular formula is C16H17Br2N3. The predicted octanol–water partition coefficient (Wildman–Crippen LogP) is 4.90. The van der Waals surface area contributed by atoms with Gasteiger partial charge in [0.1, 0.15) is 11.6 Å². The van der Waals surface area contributed by atoms with Crippen LogP contribution in [0.1, 0.15) is 42.8 Å². The summed E-state index contributed by atoms with van der Waals surface area (Å²) < 4.78 is 2.14. The molecule has 3 rings (SSSR count). The molecule has 0 aliphatic heterocycles. The lowest BCUT2D eigenvalue weighted by Gasteiger charge is -2.12. The lowest BCUT2D eigenvalue weighted by atomic mass is 10.1. The number of hydrogen-bond acceptors (Lipinski definition) is 3. The molecule has 1 N–H and O–H groups in total. The van der Waals surface area contributed by atoms with Gasteiger partial charge in [-0.1, -0.05) is 34.1 Å². The monoisotopic (exact) mass is 409 g/mol. The Hall–Kier alpha value is -0.940. The lowest BCUT2D eigenvalue weighted by molar-refractivity contribution is 0.886. The molecule has 0 unspecified atom stereocenters. The van der Waals surface area contributed by atoms with E-state index in [9.17, 15) is 0 Å². The van der Waals surface area contributed by atoms with Crippen molar-refractivity contribution < 1.29 is 0 Å². The topological polar surface area (TPSA) is 37.8 Å². The summed E-state index contributed by atoms with van der Waals surface area (Å²) >= 11 is 7.26. The van der Waals surface area contributed by atoms with Gasteiger partial charge in [-0.05, 0) is 47.3 Å². The van der Waals surface area contributed by atoms with Crippen molar-refractivity contribution in [2.75, 3.05) is 11.9 Å². The van der Waals surface area contributed by atoms with Crippen LogP contribution in [0.2, 0.25) is 0 Å². The van der Waals surface area contributed by atoms with Crippen molar-refractivity contribution in [3.63, 3.8) is 0 Å². The second kappa shape index (κ2) is 6.44. The molecule has 3 nitrogen and oxygen atoms in total. The summed E-state index contributed by atoms with van der Waals surface area (Å²) in [5.74, 6) is 2.39. The normalized spacial score (nSPS) is 14.2. The maximum absolute atomic E-state index is 4.79. The van der Waals surface area contributed by atoms with E-state index in [1.165, 1.54) is 18.4 Å². The first-order chi connectivity index (χ1) is 10.2. The standard InChI is InChI=1S/C16H17Br2N3/c1-2-19-16-14(18)15(10-7-8-10)20-13(21-16)9-11-5-3-4-6-12(11)17/h3-6,10H,2,7-9H2,1H3,(H,19,20,21). The molecule has 1 aromatic heterocycles. The summed E-state index contributed by atoms with van der Waals surface area (Å²) in [5, 5.41) is 3.33. The number of nitrogens with zero attached hydrogens (tertiary/aromatic N) is 2. The third-order valence-corrected chi connectivity index (χ3v) is 5.09. The molecule has 1 fully saturated rings. The van der Waals surface area contributed by atoms with E-state index in [1.807, 2.05) is 12.1 Å². The fraction of sp³-hybridized carbons (Fsp3) is 0.375. The molecule has 0 atom stereocenters. The number of anilines is 1. The maximum atomic E-state index is 4.79. The van der Waals surface area contributed by atoms with Gasteiger partial charge in [-0.15, -0.1) is 0 Å². The Morgan fingerprint density at radius 3 is 2.62 bits per heavy atom. The number of halogens is 2. The van der Waals surface area contributed by atoms with Crippen LogP contribution in [0.25, 0.3) is 0 Å². The number of rotatable bonds is 5.